The maximum Gasteiger partial charge on any atom is 0.289 e. The molecule has 17 heavy (non-hydrogen) atoms. The summed E-state index contributed by atoms with van der Waals surface area (Å²) in [6, 6.07) is 5.56. The van der Waals surface area contributed by atoms with Gasteiger partial charge in [-0.15, -0.1) is 0 Å². The van der Waals surface area contributed by atoms with Gasteiger partial charge in [0.2, 0.25) is 0 Å². The summed E-state index contributed by atoms with van der Waals surface area (Å²) in [6.07, 6.45) is 3.66. The van der Waals surface area contributed by atoms with Crippen molar-refractivity contribution in [2.75, 3.05) is 13.1 Å². The van der Waals surface area contributed by atoms with E-state index in [1.165, 1.54) is 0 Å². The molecule has 0 bridgehead atoms. The number of hydrogen-bond acceptors (Lipinski definition) is 3. The van der Waals surface area contributed by atoms with Crippen LogP contribution in [0.15, 0.2) is 39.7 Å². The summed E-state index contributed by atoms with van der Waals surface area (Å²) in [5.41, 5.74) is 0. The minimum Gasteiger partial charge on any atom is -0.444 e. The van der Waals surface area contributed by atoms with Crippen LogP contribution in [0.25, 0.3) is 0 Å². The van der Waals surface area contributed by atoms with E-state index in [2.05, 4.69) is 21.0 Å². The molecule has 5 nitrogen and oxygen atoms in total. The van der Waals surface area contributed by atoms with Gasteiger partial charge in [-0.1, -0.05) is 0 Å². The molecule has 88 valence electrons. The normalized spacial score (nSPS) is 15.9. The summed E-state index contributed by atoms with van der Waals surface area (Å²) < 4.78 is 7.68. The molecule has 0 radical (unpaired) electrons. The summed E-state index contributed by atoms with van der Waals surface area (Å²) >= 11 is 3.18. The number of carbonyl (C=O) groups excluding carboxylic acids is 1. The fourth-order valence-corrected chi connectivity index (χ4v) is 2.18. The zero-order valence-corrected chi connectivity index (χ0v) is 10.5. The highest BCUT2D eigenvalue weighted by molar-refractivity contribution is 9.10. The molecule has 1 aliphatic rings. The lowest BCUT2D eigenvalue weighted by Crippen LogP contribution is -2.50. The van der Waals surface area contributed by atoms with Gasteiger partial charge in [-0.2, -0.15) is 5.10 Å². The van der Waals surface area contributed by atoms with E-state index in [1.807, 2.05) is 16.9 Å². The highest BCUT2D eigenvalue weighted by Gasteiger charge is 2.33. The minimum atomic E-state index is -0.0703. The standard InChI is InChI=1S/C11H10BrN3O2/c12-10-3-2-9(17-10)11(16)14-6-8(7-14)15-5-1-4-13-15/h1-5,8H,6-7H2. The molecule has 3 heterocycles. The molecule has 2 aromatic rings. The van der Waals surface area contributed by atoms with Crippen molar-refractivity contribution in [3.8, 4) is 0 Å². The van der Waals surface area contributed by atoms with Crippen LogP contribution in [0.1, 0.15) is 16.6 Å². The van der Waals surface area contributed by atoms with Crippen LogP contribution in [0.5, 0.6) is 0 Å². The predicted molar refractivity (Wildman–Crippen MR) is 63.6 cm³/mol. The van der Waals surface area contributed by atoms with Crippen molar-refractivity contribution in [3.63, 3.8) is 0 Å². The molecule has 0 spiro atoms. The molecule has 1 fully saturated rings. The summed E-state index contributed by atoms with van der Waals surface area (Å²) in [4.78, 5) is 13.7. The van der Waals surface area contributed by atoms with E-state index in [-0.39, 0.29) is 11.9 Å². The molecule has 1 aliphatic heterocycles. The Balaban J connectivity index is 1.64. The average Bonchev–Trinajstić information content (AvgIpc) is 2.86. The second-order valence-electron chi connectivity index (χ2n) is 3.95. The Bertz CT molecular complexity index is 529. The predicted octanol–water partition coefficient (Wildman–Crippen LogP) is 1.94. The molecular formula is C11H10BrN3O2. The molecular weight excluding hydrogens is 286 g/mol. The number of hydrogen-bond donors (Lipinski definition) is 0. The Morgan fingerprint density at radius 2 is 2.29 bits per heavy atom. The van der Waals surface area contributed by atoms with E-state index < -0.39 is 0 Å². The van der Waals surface area contributed by atoms with E-state index in [0.29, 0.717) is 23.5 Å². The van der Waals surface area contributed by atoms with Gasteiger partial charge in [0.1, 0.15) is 0 Å². The molecule has 0 aliphatic carbocycles. The van der Waals surface area contributed by atoms with Crippen LogP contribution in [0.2, 0.25) is 0 Å². The molecule has 0 N–H and O–H groups in total. The van der Waals surface area contributed by atoms with Crippen molar-refractivity contribution >= 4 is 21.8 Å². The Hall–Kier alpha value is -1.56. The number of furan rings is 1. The fourth-order valence-electron chi connectivity index (χ4n) is 1.87. The minimum absolute atomic E-state index is 0.0703. The van der Waals surface area contributed by atoms with Crippen molar-refractivity contribution in [1.29, 1.82) is 0 Å². The molecule has 0 atom stereocenters. The lowest BCUT2D eigenvalue weighted by Gasteiger charge is -2.38. The quantitative estimate of drug-likeness (QED) is 0.851. The third kappa shape index (κ3) is 1.88. The van der Waals surface area contributed by atoms with Crippen LogP contribution in [0.3, 0.4) is 0 Å². The Labute approximate surface area is 106 Å². The molecule has 2 aromatic heterocycles. The summed E-state index contributed by atoms with van der Waals surface area (Å²) in [6.45, 7) is 1.36. The highest BCUT2D eigenvalue weighted by Crippen LogP contribution is 2.24. The number of rotatable bonds is 2. The van der Waals surface area contributed by atoms with Crippen LogP contribution in [-0.4, -0.2) is 33.7 Å². The second-order valence-corrected chi connectivity index (χ2v) is 4.74. The first kappa shape index (κ1) is 10.6. The van der Waals surface area contributed by atoms with Crippen LogP contribution in [0.4, 0.5) is 0 Å². The Morgan fingerprint density at radius 1 is 1.47 bits per heavy atom. The van der Waals surface area contributed by atoms with Crippen LogP contribution < -0.4 is 0 Å². The monoisotopic (exact) mass is 295 g/mol. The van der Waals surface area contributed by atoms with Gasteiger partial charge in [-0.3, -0.25) is 9.48 Å². The maximum absolute atomic E-state index is 11.9. The lowest BCUT2D eigenvalue weighted by atomic mass is 10.1. The van der Waals surface area contributed by atoms with Crippen molar-refractivity contribution in [2.24, 2.45) is 0 Å². The smallest absolute Gasteiger partial charge is 0.289 e. The van der Waals surface area contributed by atoms with Crippen molar-refractivity contribution in [3.05, 3.63) is 41.0 Å². The number of aromatic nitrogens is 2. The molecule has 3 rings (SSSR count). The lowest BCUT2D eigenvalue weighted by molar-refractivity contribution is 0.0468. The van der Waals surface area contributed by atoms with Gasteiger partial charge < -0.3 is 9.32 Å². The van der Waals surface area contributed by atoms with E-state index in [9.17, 15) is 4.79 Å². The van der Waals surface area contributed by atoms with E-state index in [0.717, 1.165) is 0 Å². The van der Waals surface area contributed by atoms with Gasteiger partial charge in [0.25, 0.3) is 5.91 Å². The molecule has 0 aromatic carbocycles. The van der Waals surface area contributed by atoms with Crippen molar-refractivity contribution < 1.29 is 9.21 Å². The van der Waals surface area contributed by atoms with E-state index >= 15 is 0 Å². The zero-order valence-electron chi connectivity index (χ0n) is 8.91. The SMILES string of the molecule is O=C(c1ccc(Br)o1)N1CC(n2cccn2)C1. The van der Waals surface area contributed by atoms with Gasteiger partial charge in [0.05, 0.1) is 6.04 Å². The highest BCUT2D eigenvalue weighted by atomic mass is 79.9. The first-order valence-electron chi connectivity index (χ1n) is 5.28. The van der Waals surface area contributed by atoms with E-state index in [4.69, 9.17) is 4.42 Å². The summed E-state index contributed by atoms with van der Waals surface area (Å²) in [5.74, 6) is 0.301. The second kappa shape index (κ2) is 4.03. The molecule has 1 amide bonds. The van der Waals surface area contributed by atoms with Gasteiger partial charge in [0.15, 0.2) is 10.4 Å². The third-order valence-corrected chi connectivity index (χ3v) is 3.26. The van der Waals surface area contributed by atoms with Gasteiger partial charge in [-0.05, 0) is 34.1 Å². The topological polar surface area (TPSA) is 51.3 Å². The fraction of sp³-hybridized carbons (Fsp3) is 0.273. The number of nitrogens with zero attached hydrogens (tertiary/aromatic N) is 3. The van der Waals surface area contributed by atoms with Crippen LogP contribution in [-0.2, 0) is 0 Å². The molecule has 1 saturated heterocycles. The van der Waals surface area contributed by atoms with Crippen molar-refractivity contribution in [1.82, 2.24) is 14.7 Å². The van der Waals surface area contributed by atoms with E-state index in [1.54, 1.807) is 23.2 Å². The zero-order chi connectivity index (χ0) is 11.8. The van der Waals surface area contributed by atoms with Crippen LogP contribution in [0, 0.1) is 0 Å². The average molecular weight is 296 g/mol. The van der Waals surface area contributed by atoms with Gasteiger partial charge in [-0.25, -0.2) is 0 Å². The number of amides is 1. The molecule has 0 saturated carbocycles. The first-order chi connectivity index (χ1) is 8.24. The van der Waals surface area contributed by atoms with Gasteiger partial charge >= 0.3 is 0 Å². The van der Waals surface area contributed by atoms with Crippen molar-refractivity contribution in [2.45, 2.75) is 6.04 Å². The molecule has 0 unspecified atom stereocenters. The molecule has 6 heteroatoms. The largest absolute Gasteiger partial charge is 0.444 e. The number of carbonyl (C=O) groups is 1. The summed E-state index contributed by atoms with van der Waals surface area (Å²) in [7, 11) is 0. The summed E-state index contributed by atoms with van der Waals surface area (Å²) in [5, 5.41) is 4.16. The first-order valence-corrected chi connectivity index (χ1v) is 6.07. The Kier molecular flexibility index (Phi) is 2.51. The number of likely N-dealkylation sites (tertiary alicyclic amines) is 1. The van der Waals surface area contributed by atoms with Crippen LogP contribution >= 0.6 is 15.9 Å². The van der Waals surface area contributed by atoms with Gasteiger partial charge in [0, 0.05) is 25.5 Å². The third-order valence-electron chi connectivity index (χ3n) is 2.83. The Morgan fingerprint density at radius 3 is 2.88 bits per heavy atom. The number of halogens is 1. The maximum atomic E-state index is 11.9.